The second kappa shape index (κ2) is 11.3. The van der Waals surface area contributed by atoms with Gasteiger partial charge in [-0.2, -0.15) is 0 Å². The molecule has 0 amide bonds. The van der Waals surface area contributed by atoms with E-state index in [-0.39, 0.29) is 17.3 Å². The maximum atomic E-state index is 13.3. The molecule has 1 aliphatic heterocycles. The highest BCUT2D eigenvalue weighted by molar-refractivity contribution is 7.36. The molecule has 0 aliphatic carbocycles. The van der Waals surface area contributed by atoms with Crippen LogP contribution in [-0.2, 0) is 23.4 Å². The van der Waals surface area contributed by atoms with Crippen LogP contribution in [0.15, 0.2) is 47.3 Å². The number of carbonyl (C=O) groups excluding carboxylic acids is 1. The SMILES string of the molecule is COC(=O)C(C(C)C)N(Oc1ccccc1)[P+](=O)OCC1OC(c2coc3c(N)ncnc23)C(C)(O)C1O. The molecule has 0 spiro atoms. The lowest BCUT2D eigenvalue weighted by atomic mass is 9.89. The molecule has 6 unspecified atom stereocenters. The van der Waals surface area contributed by atoms with E-state index in [1.807, 2.05) is 0 Å². The van der Waals surface area contributed by atoms with Crippen molar-refractivity contribution in [3.63, 3.8) is 0 Å². The molecule has 4 rings (SSSR count). The summed E-state index contributed by atoms with van der Waals surface area (Å²) in [5.41, 5.74) is 4.94. The zero-order valence-electron chi connectivity index (χ0n) is 21.3. The fraction of sp³-hybridized carbons (Fsp3) is 0.458. The quantitative estimate of drug-likeness (QED) is 0.191. The van der Waals surface area contributed by atoms with E-state index in [2.05, 4.69) is 9.97 Å². The average Bonchev–Trinajstić information content (AvgIpc) is 3.41. The highest BCUT2D eigenvalue weighted by Crippen LogP contribution is 2.45. The van der Waals surface area contributed by atoms with Crippen LogP contribution >= 0.6 is 8.18 Å². The molecule has 13 nitrogen and oxygen atoms in total. The number of aromatic nitrogens is 2. The Morgan fingerprint density at radius 3 is 2.66 bits per heavy atom. The number of anilines is 1. The zero-order chi connectivity index (χ0) is 27.6. The molecule has 1 fully saturated rings. The highest BCUT2D eigenvalue weighted by Gasteiger charge is 2.55. The van der Waals surface area contributed by atoms with Gasteiger partial charge in [-0.25, -0.2) is 9.97 Å². The summed E-state index contributed by atoms with van der Waals surface area (Å²) in [7, 11) is -1.59. The van der Waals surface area contributed by atoms with Crippen molar-refractivity contribution in [3.8, 4) is 5.75 Å². The van der Waals surface area contributed by atoms with Crippen LogP contribution in [0, 0.1) is 5.92 Å². The number of aliphatic hydroxyl groups excluding tert-OH is 1. The van der Waals surface area contributed by atoms with E-state index in [4.69, 9.17) is 29.0 Å². The Morgan fingerprint density at radius 2 is 2.00 bits per heavy atom. The van der Waals surface area contributed by atoms with Crippen LogP contribution in [0.2, 0.25) is 0 Å². The number of hydrogen-bond acceptors (Lipinski definition) is 12. The van der Waals surface area contributed by atoms with Crippen LogP contribution in [0.4, 0.5) is 5.82 Å². The van der Waals surface area contributed by atoms with Gasteiger partial charge in [0.1, 0.15) is 47.2 Å². The molecule has 3 aromatic rings. The van der Waals surface area contributed by atoms with Crippen molar-refractivity contribution in [1.82, 2.24) is 14.8 Å². The largest absolute Gasteiger partial charge is 0.653 e. The summed E-state index contributed by atoms with van der Waals surface area (Å²) in [5, 5.41) is 22.0. The minimum absolute atomic E-state index is 0.111. The fourth-order valence-corrected chi connectivity index (χ4v) is 5.34. The molecule has 2 aromatic heterocycles. The third kappa shape index (κ3) is 5.35. The van der Waals surface area contributed by atoms with Crippen molar-refractivity contribution in [2.24, 2.45) is 5.92 Å². The van der Waals surface area contributed by atoms with Gasteiger partial charge in [-0.3, -0.25) is 4.79 Å². The van der Waals surface area contributed by atoms with Crippen LogP contribution in [0.1, 0.15) is 32.4 Å². The summed E-state index contributed by atoms with van der Waals surface area (Å²) < 4.78 is 35.2. The molecular formula is C24H30N4O9P+. The second-order valence-corrected chi connectivity index (χ2v) is 10.4. The van der Waals surface area contributed by atoms with Crippen molar-refractivity contribution in [1.29, 1.82) is 0 Å². The first-order valence-electron chi connectivity index (χ1n) is 11.8. The lowest BCUT2D eigenvalue weighted by molar-refractivity contribution is -0.156. The number of furan rings is 1. The lowest BCUT2D eigenvalue weighted by Gasteiger charge is -2.25. The number of nitrogen functional groups attached to an aromatic ring is 1. The van der Waals surface area contributed by atoms with Gasteiger partial charge in [0.15, 0.2) is 23.2 Å². The molecule has 204 valence electrons. The molecule has 6 atom stereocenters. The molecule has 1 aliphatic rings. The summed E-state index contributed by atoms with van der Waals surface area (Å²) >= 11 is 0. The predicted octanol–water partition coefficient (Wildman–Crippen LogP) is 2.52. The molecule has 0 bridgehead atoms. The monoisotopic (exact) mass is 549 g/mol. The van der Waals surface area contributed by atoms with Gasteiger partial charge in [0.05, 0.1) is 13.4 Å². The summed E-state index contributed by atoms with van der Waals surface area (Å²) in [6.07, 6.45) is -1.05. The van der Waals surface area contributed by atoms with Crippen molar-refractivity contribution >= 4 is 31.1 Å². The standard InChI is InChI=1S/C24H30N4O9P/c1-13(2)18(23(30)33-4)28(37-14-8-6-5-7-9-14)38(32)35-11-16-20(29)24(3,31)21(36-16)15-10-34-19-17(15)26-12-27-22(19)25/h5-10,12-13,16,18,20-21,29,31H,11H2,1-4H3,(H2,25,26,27)/q+1. The lowest BCUT2D eigenvalue weighted by Crippen LogP contribution is -2.44. The number of rotatable bonds is 10. The number of hydrogen-bond donors (Lipinski definition) is 3. The number of hydroxylamine groups is 1. The second-order valence-electron chi connectivity index (χ2n) is 9.31. The summed E-state index contributed by atoms with van der Waals surface area (Å²) in [5.74, 6) is -0.602. The van der Waals surface area contributed by atoms with Gasteiger partial charge >= 0.3 is 14.1 Å². The van der Waals surface area contributed by atoms with Crippen LogP contribution in [0.5, 0.6) is 5.75 Å². The summed E-state index contributed by atoms with van der Waals surface area (Å²) in [6, 6.07) is 7.39. The van der Waals surface area contributed by atoms with Gasteiger partial charge in [0, 0.05) is 5.56 Å². The third-order valence-electron chi connectivity index (χ3n) is 6.25. The number of ether oxygens (including phenoxy) is 2. The van der Waals surface area contributed by atoms with Gasteiger partial charge in [-0.1, -0.05) is 32.0 Å². The van der Waals surface area contributed by atoms with E-state index in [0.29, 0.717) is 16.8 Å². The molecular weight excluding hydrogens is 519 g/mol. The van der Waals surface area contributed by atoms with Crippen LogP contribution in [0.3, 0.4) is 0 Å². The van der Waals surface area contributed by atoms with Gasteiger partial charge in [0.25, 0.3) is 0 Å². The predicted molar refractivity (Wildman–Crippen MR) is 134 cm³/mol. The molecule has 4 N–H and O–H groups in total. The van der Waals surface area contributed by atoms with E-state index in [0.717, 1.165) is 4.83 Å². The van der Waals surface area contributed by atoms with Crippen LogP contribution < -0.4 is 10.6 Å². The number of fused-ring (bicyclic) bond motifs is 1. The van der Waals surface area contributed by atoms with E-state index in [9.17, 15) is 19.6 Å². The number of carbonyl (C=O) groups is 1. The van der Waals surface area contributed by atoms with Gasteiger partial charge < -0.3 is 34.7 Å². The summed E-state index contributed by atoms with van der Waals surface area (Å²) in [4.78, 5) is 27.3. The number of benzene rings is 1. The van der Waals surface area contributed by atoms with E-state index >= 15 is 0 Å². The number of methoxy groups -OCH3 is 1. The molecule has 0 radical (unpaired) electrons. The Labute approximate surface area is 219 Å². The van der Waals surface area contributed by atoms with E-state index < -0.39 is 50.7 Å². The van der Waals surface area contributed by atoms with Crippen molar-refractivity contribution < 1.29 is 42.8 Å². The number of esters is 1. The Kier molecular flexibility index (Phi) is 8.26. The fourth-order valence-electron chi connectivity index (χ4n) is 4.22. The highest BCUT2D eigenvalue weighted by atomic mass is 31.1. The van der Waals surface area contributed by atoms with Gasteiger partial charge in [0.2, 0.25) is 0 Å². The van der Waals surface area contributed by atoms with Crippen LogP contribution in [-0.4, -0.2) is 68.6 Å². The average molecular weight is 549 g/mol. The molecule has 1 aromatic carbocycles. The maximum absolute atomic E-state index is 13.3. The Balaban J connectivity index is 1.53. The van der Waals surface area contributed by atoms with Gasteiger partial charge in [-0.15, -0.1) is 4.52 Å². The smallest absolute Gasteiger partial charge is 0.468 e. The summed E-state index contributed by atoms with van der Waals surface area (Å²) in [6.45, 7) is 4.46. The van der Waals surface area contributed by atoms with E-state index in [1.165, 1.54) is 26.6 Å². The minimum Gasteiger partial charge on any atom is -0.468 e. The number of aliphatic hydroxyl groups is 2. The van der Waals surface area contributed by atoms with Crippen molar-refractivity contribution in [2.75, 3.05) is 19.5 Å². The minimum atomic E-state index is -2.80. The molecule has 0 saturated carbocycles. The molecule has 38 heavy (non-hydrogen) atoms. The number of nitrogens with zero attached hydrogens (tertiary/aromatic N) is 3. The first kappa shape index (κ1) is 27.8. The Hall–Kier alpha value is -3.19. The topological polar surface area (TPSA) is 180 Å². The normalized spacial score (nSPS) is 24.6. The van der Waals surface area contributed by atoms with E-state index in [1.54, 1.807) is 44.2 Å². The molecule has 14 heteroatoms. The molecule has 3 heterocycles. The first-order chi connectivity index (χ1) is 18.1. The Bertz CT molecular complexity index is 1290. The molecule has 1 saturated heterocycles. The van der Waals surface area contributed by atoms with Gasteiger partial charge in [-0.05, 0) is 29.5 Å². The third-order valence-corrected chi connectivity index (χ3v) is 7.27. The number of nitrogens with two attached hydrogens (primary N) is 1. The first-order valence-corrected chi connectivity index (χ1v) is 12.9. The van der Waals surface area contributed by atoms with Crippen molar-refractivity contribution in [3.05, 3.63) is 48.5 Å². The zero-order valence-corrected chi connectivity index (χ0v) is 22.1. The van der Waals surface area contributed by atoms with Crippen LogP contribution in [0.25, 0.3) is 11.1 Å². The number of para-hydroxylation sites is 1. The Morgan fingerprint density at radius 1 is 1.29 bits per heavy atom. The maximum Gasteiger partial charge on any atom is 0.653 e. The van der Waals surface area contributed by atoms with Crippen molar-refractivity contribution in [2.45, 2.75) is 50.7 Å².